The van der Waals surface area contributed by atoms with E-state index in [9.17, 15) is 5.11 Å². The molecule has 4 heteroatoms. The zero-order valence-corrected chi connectivity index (χ0v) is 13.0. The van der Waals surface area contributed by atoms with E-state index in [1.54, 1.807) is 0 Å². The molecule has 1 aliphatic heterocycles. The molecule has 3 nitrogen and oxygen atoms in total. The van der Waals surface area contributed by atoms with E-state index < -0.39 is 0 Å². The topological polar surface area (TPSA) is 35.5 Å². The van der Waals surface area contributed by atoms with Gasteiger partial charge in [-0.25, -0.2) is 0 Å². The molecule has 1 aromatic rings. The molecule has 0 aliphatic carbocycles. The highest BCUT2D eigenvalue weighted by atomic mass is 32.1. The van der Waals surface area contributed by atoms with Gasteiger partial charge in [0.05, 0.1) is 6.10 Å². The van der Waals surface area contributed by atoms with Crippen LogP contribution in [-0.2, 0) is 6.42 Å². The van der Waals surface area contributed by atoms with Crippen LogP contribution in [0.1, 0.15) is 38.2 Å². The number of piperidine rings is 1. The van der Waals surface area contributed by atoms with Gasteiger partial charge in [-0.1, -0.05) is 25.5 Å². The second-order valence-electron chi connectivity index (χ2n) is 5.47. The second-order valence-corrected chi connectivity index (χ2v) is 5.86. The molecule has 2 rings (SSSR count). The number of rotatable bonds is 4. The summed E-state index contributed by atoms with van der Waals surface area (Å²) in [5.74, 6) is 0. The van der Waals surface area contributed by atoms with Gasteiger partial charge in [-0.05, 0) is 55.6 Å². The van der Waals surface area contributed by atoms with Gasteiger partial charge < -0.3 is 15.3 Å². The van der Waals surface area contributed by atoms with Gasteiger partial charge in [0, 0.05) is 18.8 Å². The molecule has 20 heavy (non-hydrogen) atoms. The minimum absolute atomic E-state index is 0.250. The Morgan fingerprint density at radius 3 is 2.80 bits per heavy atom. The fraction of sp³-hybridized carbons (Fsp3) is 0.562. The third kappa shape index (κ3) is 4.46. The van der Waals surface area contributed by atoms with Crippen LogP contribution < -0.4 is 5.32 Å². The van der Waals surface area contributed by atoms with Crippen molar-refractivity contribution in [3.63, 3.8) is 0 Å². The zero-order chi connectivity index (χ0) is 14.4. The maximum Gasteiger partial charge on any atom is 0.173 e. The Morgan fingerprint density at radius 1 is 1.40 bits per heavy atom. The molecule has 0 bridgehead atoms. The van der Waals surface area contributed by atoms with Crippen molar-refractivity contribution in [1.29, 1.82) is 0 Å². The summed E-state index contributed by atoms with van der Waals surface area (Å²) >= 11 is 5.42. The number of nitrogens with zero attached hydrogens (tertiary/aromatic N) is 1. The van der Waals surface area contributed by atoms with E-state index in [1.807, 2.05) is 0 Å². The van der Waals surface area contributed by atoms with Crippen molar-refractivity contribution < 1.29 is 5.11 Å². The summed E-state index contributed by atoms with van der Waals surface area (Å²) in [6.07, 6.45) is 5.22. The summed E-state index contributed by atoms with van der Waals surface area (Å²) in [5, 5.41) is 13.7. The molecule has 0 spiro atoms. The molecule has 0 amide bonds. The van der Waals surface area contributed by atoms with Crippen molar-refractivity contribution in [2.45, 2.75) is 45.1 Å². The van der Waals surface area contributed by atoms with Crippen LogP contribution in [0.2, 0.25) is 0 Å². The van der Waals surface area contributed by atoms with Crippen molar-refractivity contribution in [3.05, 3.63) is 29.8 Å². The van der Waals surface area contributed by atoms with Crippen LogP contribution >= 0.6 is 12.2 Å². The zero-order valence-electron chi connectivity index (χ0n) is 12.1. The van der Waals surface area contributed by atoms with Gasteiger partial charge in [0.15, 0.2) is 5.11 Å². The first kappa shape index (κ1) is 15.3. The van der Waals surface area contributed by atoms with Gasteiger partial charge in [-0.15, -0.1) is 0 Å². The largest absolute Gasteiger partial charge is 0.391 e. The number of aliphatic hydroxyl groups is 1. The molecule has 0 unspecified atom stereocenters. The van der Waals surface area contributed by atoms with Crippen LogP contribution in [0.5, 0.6) is 0 Å². The lowest BCUT2D eigenvalue weighted by molar-refractivity contribution is 0.104. The molecule has 1 atom stereocenters. The molecule has 1 saturated heterocycles. The average molecular weight is 292 g/mol. The lowest BCUT2D eigenvalue weighted by Gasteiger charge is -2.32. The third-order valence-electron chi connectivity index (χ3n) is 3.71. The molecule has 1 aliphatic rings. The Hall–Kier alpha value is -1.13. The van der Waals surface area contributed by atoms with Gasteiger partial charge in [0.2, 0.25) is 0 Å². The molecule has 110 valence electrons. The van der Waals surface area contributed by atoms with E-state index >= 15 is 0 Å². The highest BCUT2D eigenvalue weighted by Gasteiger charge is 2.19. The van der Waals surface area contributed by atoms with E-state index in [-0.39, 0.29) is 6.10 Å². The van der Waals surface area contributed by atoms with E-state index in [1.165, 1.54) is 18.4 Å². The smallest absolute Gasteiger partial charge is 0.173 e. The van der Waals surface area contributed by atoms with Crippen molar-refractivity contribution in [2.24, 2.45) is 0 Å². The van der Waals surface area contributed by atoms with Crippen LogP contribution in [0.3, 0.4) is 0 Å². The molecule has 2 N–H and O–H groups in total. The average Bonchev–Trinajstić information content (AvgIpc) is 2.46. The van der Waals surface area contributed by atoms with E-state index in [4.69, 9.17) is 12.2 Å². The standard InChI is InChI=1S/C16H24N2OS/c1-2-3-5-13-7-9-14(10-8-13)17-16(20)18-11-4-6-15(19)12-18/h7-10,15,19H,2-6,11-12H2,1H3,(H,17,20)/t15-/m0/s1. The second kappa shape index (κ2) is 7.60. The number of likely N-dealkylation sites (tertiary alicyclic amines) is 1. The number of unbranched alkanes of at least 4 members (excludes halogenated alkanes) is 1. The Labute approximate surface area is 127 Å². The number of hydrogen-bond acceptors (Lipinski definition) is 2. The van der Waals surface area contributed by atoms with Crippen LogP contribution in [-0.4, -0.2) is 34.3 Å². The van der Waals surface area contributed by atoms with Gasteiger partial charge in [-0.2, -0.15) is 0 Å². The van der Waals surface area contributed by atoms with E-state index in [0.29, 0.717) is 11.7 Å². The number of thiocarbonyl (C=S) groups is 1. The van der Waals surface area contributed by atoms with Gasteiger partial charge in [-0.3, -0.25) is 0 Å². The van der Waals surface area contributed by atoms with Gasteiger partial charge in [0.1, 0.15) is 0 Å². The number of benzene rings is 1. The quantitative estimate of drug-likeness (QED) is 0.836. The minimum Gasteiger partial charge on any atom is -0.391 e. The molecule has 1 fully saturated rings. The summed E-state index contributed by atoms with van der Waals surface area (Å²) in [5.41, 5.74) is 2.40. The fourth-order valence-electron chi connectivity index (χ4n) is 2.48. The van der Waals surface area contributed by atoms with Gasteiger partial charge >= 0.3 is 0 Å². The number of β-amino-alcohol motifs (C(OH)–C–C–N with tert-alkyl or cyclic N) is 1. The Bertz CT molecular complexity index is 433. The molecular formula is C16H24N2OS. The normalized spacial score (nSPS) is 18.9. The van der Waals surface area contributed by atoms with Gasteiger partial charge in [0.25, 0.3) is 0 Å². The highest BCUT2D eigenvalue weighted by molar-refractivity contribution is 7.80. The monoisotopic (exact) mass is 292 g/mol. The number of hydrogen-bond donors (Lipinski definition) is 2. The maximum absolute atomic E-state index is 9.68. The molecular weight excluding hydrogens is 268 g/mol. The molecule has 0 radical (unpaired) electrons. The highest BCUT2D eigenvalue weighted by Crippen LogP contribution is 2.15. The minimum atomic E-state index is -0.250. The first-order valence-electron chi connectivity index (χ1n) is 7.52. The summed E-state index contributed by atoms with van der Waals surface area (Å²) in [6.45, 7) is 3.78. The Morgan fingerprint density at radius 2 is 2.15 bits per heavy atom. The SMILES string of the molecule is CCCCc1ccc(NC(=S)N2CCC[C@H](O)C2)cc1. The number of anilines is 1. The molecule has 0 aromatic heterocycles. The van der Waals surface area contributed by atoms with E-state index in [2.05, 4.69) is 41.4 Å². The van der Waals surface area contributed by atoms with Crippen LogP contribution in [0.25, 0.3) is 0 Å². The van der Waals surface area contributed by atoms with Crippen LogP contribution in [0, 0.1) is 0 Å². The number of aryl methyl sites for hydroxylation is 1. The Balaban J connectivity index is 1.87. The first-order chi connectivity index (χ1) is 9.69. The summed E-state index contributed by atoms with van der Waals surface area (Å²) in [6, 6.07) is 8.48. The first-order valence-corrected chi connectivity index (χ1v) is 7.93. The maximum atomic E-state index is 9.68. The predicted molar refractivity (Wildman–Crippen MR) is 88.1 cm³/mol. The molecule has 0 saturated carbocycles. The van der Waals surface area contributed by atoms with Crippen molar-refractivity contribution in [1.82, 2.24) is 4.90 Å². The van der Waals surface area contributed by atoms with Crippen LogP contribution in [0.4, 0.5) is 5.69 Å². The lowest BCUT2D eigenvalue weighted by atomic mass is 10.1. The van der Waals surface area contributed by atoms with E-state index in [0.717, 1.165) is 31.5 Å². The third-order valence-corrected chi connectivity index (χ3v) is 4.07. The number of aliphatic hydroxyl groups excluding tert-OH is 1. The molecule has 1 heterocycles. The lowest BCUT2D eigenvalue weighted by Crippen LogP contribution is -2.44. The van der Waals surface area contributed by atoms with Crippen molar-refractivity contribution in [2.75, 3.05) is 18.4 Å². The summed E-state index contributed by atoms with van der Waals surface area (Å²) in [4.78, 5) is 2.05. The summed E-state index contributed by atoms with van der Waals surface area (Å²) < 4.78 is 0. The van der Waals surface area contributed by atoms with Crippen molar-refractivity contribution in [3.8, 4) is 0 Å². The summed E-state index contributed by atoms with van der Waals surface area (Å²) in [7, 11) is 0. The molecule has 1 aromatic carbocycles. The fourth-order valence-corrected chi connectivity index (χ4v) is 2.76. The van der Waals surface area contributed by atoms with Crippen molar-refractivity contribution >= 4 is 23.0 Å². The van der Waals surface area contributed by atoms with Crippen LogP contribution in [0.15, 0.2) is 24.3 Å². The predicted octanol–water partition coefficient (Wildman–Crippen LogP) is 3.18. The number of nitrogens with one attached hydrogen (secondary N) is 1. The Kier molecular flexibility index (Phi) is 5.80.